The van der Waals surface area contributed by atoms with E-state index < -0.39 is 52.2 Å². The van der Waals surface area contributed by atoms with Gasteiger partial charge in [0.1, 0.15) is 11.9 Å². The lowest BCUT2D eigenvalue weighted by Crippen LogP contribution is -2.43. The van der Waals surface area contributed by atoms with Gasteiger partial charge in [-0.15, -0.1) is 0 Å². The van der Waals surface area contributed by atoms with Gasteiger partial charge in [0.25, 0.3) is 11.6 Å². The summed E-state index contributed by atoms with van der Waals surface area (Å²) in [5, 5.41) is 21.2. The molecule has 1 atom stereocenters. The summed E-state index contributed by atoms with van der Waals surface area (Å²) in [6, 6.07) is 0.559. The molecule has 0 fully saturated rings. The molecule has 1 aromatic carbocycles. The molecule has 9 nitrogen and oxygen atoms in total. The number of carbonyl (C=O) groups is 3. The number of aliphatic carboxylic acids is 1. The predicted octanol–water partition coefficient (Wildman–Crippen LogP) is -0.208. The number of primary amides is 1. The molecule has 0 spiro atoms. The molecule has 2 amide bonds. The minimum Gasteiger partial charge on any atom is -0.480 e. The number of nitrogens with two attached hydrogens (primary N) is 1. The van der Waals surface area contributed by atoms with E-state index in [2.05, 4.69) is 0 Å². The van der Waals surface area contributed by atoms with E-state index in [1.54, 1.807) is 0 Å². The van der Waals surface area contributed by atoms with Crippen molar-refractivity contribution >= 4 is 23.5 Å². The number of nitro groups is 1. The summed E-state index contributed by atoms with van der Waals surface area (Å²) in [7, 11) is 0. The van der Waals surface area contributed by atoms with Crippen LogP contribution in [0.2, 0.25) is 0 Å². The summed E-state index contributed by atoms with van der Waals surface area (Å²) in [4.78, 5) is 43.0. The molecule has 0 saturated carbocycles. The molecule has 0 radical (unpaired) electrons. The molecule has 10 heteroatoms. The maximum absolute atomic E-state index is 13.5. The first-order chi connectivity index (χ1) is 9.72. The Morgan fingerprint density at radius 3 is 2.52 bits per heavy atom. The normalized spacial score (nSPS) is 11.5. The number of hydrogen-bond acceptors (Lipinski definition) is 5. The van der Waals surface area contributed by atoms with Crippen LogP contribution in [0.5, 0.6) is 0 Å². The van der Waals surface area contributed by atoms with Crippen molar-refractivity contribution in [2.75, 3.05) is 0 Å². The lowest BCUT2D eigenvalue weighted by Gasteiger charge is -2.13. The Hall–Kier alpha value is -3.04. The van der Waals surface area contributed by atoms with E-state index in [1.807, 2.05) is 5.32 Å². The van der Waals surface area contributed by atoms with Crippen molar-refractivity contribution in [1.82, 2.24) is 5.32 Å². The van der Waals surface area contributed by atoms with Gasteiger partial charge in [-0.1, -0.05) is 0 Å². The third-order valence-electron chi connectivity index (χ3n) is 2.41. The van der Waals surface area contributed by atoms with E-state index >= 15 is 0 Å². The van der Waals surface area contributed by atoms with Crippen molar-refractivity contribution in [2.24, 2.45) is 5.73 Å². The van der Waals surface area contributed by atoms with Gasteiger partial charge in [0.2, 0.25) is 5.91 Å². The number of carboxylic acids is 1. The molecular weight excluding hydrogens is 289 g/mol. The fraction of sp³-hybridized carbons (Fsp3) is 0.182. The molecule has 21 heavy (non-hydrogen) atoms. The number of benzene rings is 1. The van der Waals surface area contributed by atoms with Crippen molar-refractivity contribution in [1.29, 1.82) is 0 Å². The van der Waals surface area contributed by atoms with Gasteiger partial charge >= 0.3 is 5.97 Å². The molecule has 1 rings (SSSR count). The Bertz CT molecular complexity index is 618. The molecule has 0 aliphatic rings. The van der Waals surface area contributed by atoms with Crippen LogP contribution in [0.1, 0.15) is 16.8 Å². The van der Waals surface area contributed by atoms with Gasteiger partial charge in [0.05, 0.1) is 16.9 Å². The van der Waals surface area contributed by atoms with Gasteiger partial charge in [0, 0.05) is 12.1 Å². The van der Waals surface area contributed by atoms with Gasteiger partial charge in [0.15, 0.2) is 0 Å². The Kier molecular flexibility index (Phi) is 4.89. The van der Waals surface area contributed by atoms with Crippen LogP contribution >= 0.6 is 0 Å². The van der Waals surface area contributed by atoms with Gasteiger partial charge in [-0.3, -0.25) is 19.7 Å². The minimum absolute atomic E-state index is 0.539. The fourth-order valence-corrected chi connectivity index (χ4v) is 1.44. The number of carboxylic acid groups (broad SMARTS) is 1. The number of nitrogens with zero attached hydrogens (tertiary/aromatic N) is 1. The fourth-order valence-electron chi connectivity index (χ4n) is 1.44. The standard InChI is InChI=1S/C11H10FN3O6/c12-7-2-1-5(15(20)21)3-6(7)10(17)14-8(11(18)19)4-9(13)16/h1-3,8H,4H2,(H2,13,16)(H,14,17)(H,18,19)/t8-/m0/s1. The van der Waals surface area contributed by atoms with Crippen LogP contribution in [0.15, 0.2) is 18.2 Å². The van der Waals surface area contributed by atoms with Crippen LogP contribution in [-0.4, -0.2) is 33.9 Å². The van der Waals surface area contributed by atoms with Gasteiger partial charge in [-0.2, -0.15) is 0 Å². The summed E-state index contributed by atoms with van der Waals surface area (Å²) < 4.78 is 13.5. The van der Waals surface area contributed by atoms with Crippen LogP contribution in [0, 0.1) is 15.9 Å². The summed E-state index contributed by atoms with van der Waals surface area (Å²) >= 11 is 0. The highest BCUT2D eigenvalue weighted by atomic mass is 19.1. The average Bonchev–Trinajstić information content (AvgIpc) is 2.37. The van der Waals surface area contributed by atoms with Crippen LogP contribution in [-0.2, 0) is 9.59 Å². The lowest BCUT2D eigenvalue weighted by atomic mass is 10.1. The van der Waals surface area contributed by atoms with Gasteiger partial charge in [-0.05, 0) is 6.07 Å². The molecular formula is C11H10FN3O6. The molecule has 1 aromatic rings. The molecule has 0 aromatic heterocycles. The highest BCUT2D eigenvalue weighted by molar-refractivity contribution is 5.98. The zero-order chi connectivity index (χ0) is 16.2. The predicted molar refractivity (Wildman–Crippen MR) is 65.8 cm³/mol. The summed E-state index contributed by atoms with van der Waals surface area (Å²) in [6.07, 6.45) is -0.697. The van der Waals surface area contributed by atoms with Gasteiger partial charge in [-0.25, -0.2) is 9.18 Å². The van der Waals surface area contributed by atoms with Crippen molar-refractivity contribution in [3.8, 4) is 0 Å². The topological polar surface area (TPSA) is 153 Å². The first kappa shape index (κ1) is 16.0. The maximum Gasteiger partial charge on any atom is 0.326 e. The quantitative estimate of drug-likeness (QED) is 0.488. The van der Waals surface area contributed by atoms with Crippen LogP contribution in [0.4, 0.5) is 10.1 Å². The molecule has 0 aliphatic carbocycles. The molecule has 112 valence electrons. The largest absolute Gasteiger partial charge is 0.480 e. The Morgan fingerprint density at radius 1 is 1.43 bits per heavy atom. The molecule has 0 bridgehead atoms. The van der Waals surface area contributed by atoms with Crippen molar-refractivity contribution in [2.45, 2.75) is 12.5 Å². The molecule has 0 aliphatic heterocycles. The van der Waals surface area contributed by atoms with E-state index in [4.69, 9.17) is 10.8 Å². The summed E-state index contributed by atoms with van der Waals surface area (Å²) in [6.45, 7) is 0. The number of non-ortho nitro benzene ring substituents is 1. The van der Waals surface area contributed by atoms with E-state index in [1.165, 1.54) is 0 Å². The minimum atomic E-state index is -1.66. The monoisotopic (exact) mass is 299 g/mol. The Labute approximate surface area is 116 Å². The zero-order valence-corrected chi connectivity index (χ0v) is 10.4. The van der Waals surface area contributed by atoms with Gasteiger partial charge < -0.3 is 16.2 Å². The third-order valence-corrected chi connectivity index (χ3v) is 2.41. The SMILES string of the molecule is NC(=O)C[C@H](NC(=O)c1cc([N+](=O)[O-])ccc1F)C(=O)O. The van der Waals surface area contributed by atoms with E-state index in [9.17, 15) is 28.9 Å². The summed E-state index contributed by atoms with van der Waals surface area (Å²) in [5.74, 6) is -4.80. The molecule has 0 saturated heterocycles. The number of carbonyl (C=O) groups excluding carboxylic acids is 2. The third kappa shape index (κ3) is 4.23. The van der Waals surface area contributed by atoms with E-state index in [0.29, 0.717) is 12.1 Å². The summed E-state index contributed by atoms with van der Waals surface area (Å²) in [5.41, 5.74) is 3.58. The highest BCUT2D eigenvalue weighted by Gasteiger charge is 2.25. The molecule has 4 N–H and O–H groups in total. The van der Waals surface area contributed by atoms with Crippen LogP contribution in [0.3, 0.4) is 0 Å². The number of halogens is 1. The van der Waals surface area contributed by atoms with Crippen molar-refractivity contribution in [3.05, 3.63) is 39.7 Å². The van der Waals surface area contributed by atoms with E-state index in [0.717, 1.165) is 6.07 Å². The number of rotatable bonds is 6. The first-order valence-electron chi connectivity index (χ1n) is 5.48. The van der Waals surface area contributed by atoms with E-state index in [-0.39, 0.29) is 0 Å². The second kappa shape index (κ2) is 6.41. The number of nitro benzene ring substituents is 1. The van der Waals surface area contributed by atoms with Crippen molar-refractivity contribution < 1.29 is 28.8 Å². The van der Waals surface area contributed by atoms with Crippen molar-refractivity contribution in [3.63, 3.8) is 0 Å². The number of nitrogens with one attached hydrogen (secondary N) is 1. The maximum atomic E-state index is 13.5. The molecule has 0 heterocycles. The first-order valence-corrected chi connectivity index (χ1v) is 5.48. The Morgan fingerprint density at radius 2 is 2.05 bits per heavy atom. The second-order valence-electron chi connectivity index (χ2n) is 3.96. The Balaban J connectivity index is 3.02. The smallest absolute Gasteiger partial charge is 0.326 e. The zero-order valence-electron chi connectivity index (χ0n) is 10.4. The molecule has 0 unspecified atom stereocenters. The highest BCUT2D eigenvalue weighted by Crippen LogP contribution is 2.17. The average molecular weight is 299 g/mol. The lowest BCUT2D eigenvalue weighted by molar-refractivity contribution is -0.384. The number of hydrogen-bond donors (Lipinski definition) is 3. The van der Waals surface area contributed by atoms with Crippen LogP contribution in [0.25, 0.3) is 0 Å². The number of amides is 2. The second-order valence-corrected chi connectivity index (χ2v) is 3.96. The van der Waals surface area contributed by atoms with Crippen LogP contribution < -0.4 is 11.1 Å².